The number of rotatable bonds is 5. The van der Waals surface area contributed by atoms with Crippen LogP contribution in [0.3, 0.4) is 0 Å². The summed E-state index contributed by atoms with van der Waals surface area (Å²) in [5, 5.41) is 5.80. The lowest BCUT2D eigenvalue weighted by Crippen LogP contribution is -2.03. The van der Waals surface area contributed by atoms with Crippen LogP contribution in [0.2, 0.25) is 0 Å². The molecule has 0 aliphatic heterocycles. The van der Waals surface area contributed by atoms with Crippen LogP contribution >= 0.6 is 11.3 Å². The summed E-state index contributed by atoms with van der Waals surface area (Å²) in [6, 6.07) is 10.6. The molecule has 0 spiro atoms. The standard InChI is InChI=1S/C15H15NO3S/c1-3-18-13-8-6-12(7-9-13)15(17)19-16-11(2)14-5-4-10-20-14/h4-10H,3H2,1-2H3/b16-11+. The summed E-state index contributed by atoms with van der Waals surface area (Å²) in [5.74, 6) is 0.242. The fraction of sp³-hybridized carbons (Fsp3) is 0.200. The Morgan fingerprint density at radius 1 is 1.25 bits per heavy atom. The van der Waals surface area contributed by atoms with Crippen LogP contribution in [0.25, 0.3) is 0 Å². The molecule has 0 aliphatic carbocycles. The molecule has 1 heterocycles. The second kappa shape index (κ2) is 6.86. The predicted molar refractivity (Wildman–Crippen MR) is 79.6 cm³/mol. The molecule has 2 rings (SSSR count). The minimum atomic E-state index is -0.482. The second-order valence-corrected chi connectivity index (χ2v) is 4.94. The van der Waals surface area contributed by atoms with Crippen molar-refractivity contribution in [2.24, 2.45) is 5.16 Å². The average molecular weight is 289 g/mol. The van der Waals surface area contributed by atoms with Gasteiger partial charge in [0.1, 0.15) is 5.75 Å². The van der Waals surface area contributed by atoms with Crippen LogP contribution in [0.4, 0.5) is 0 Å². The Morgan fingerprint density at radius 2 is 2.00 bits per heavy atom. The number of benzene rings is 1. The Hall–Kier alpha value is -2.14. The first-order valence-corrected chi connectivity index (χ1v) is 7.11. The molecule has 0 atom stereocenters. The Bertz CT molecular complexity index is 588. The SMILES string of the molecule is CCOc1ccc(C(=O)O/N=C(\C)c2cccs2)cc1. The number of thiophene rings is 1. The Balaban J connectivity index is 1.99. The van der Waals surface area contributed by atoms with Crippen LogP contribution in [0.5, 0.6) is 5.75 Å². The van der Waals surface area contributed by atoms with Gasteiger partial charge in [0.15, 0.2) is 0 Å². The summed E-state index contributed by atoms with van der Waals surface area (Å²) >= 11 is 1.55. The van der Waals surface area contributed by atoms with E-state index in [-0.39, 0.29) is 0 Å². The van der Waals surface area contributed by atoms with E-state index in [2.05, 4.69) is 5.16 Å². The molecule has 104 valence electrons. The van der Waals surface area contributed by atoms with Crippen LogP contribution in [0.15, 0.2) is 46.9 Å². The molecule has 0 radical (unpaired) electrons. The van der Waals surface area contributed by atoms with E-state index in [4.69, 9.17) is 9.57 Å². The molecule has 20 heavy (non-hydrogen) atoms. The number of oxime groups is 1. The van der Waals surface area contributed by atoms with E-state index in [0.717, 1.165) is 10.6 Å². The highest BCUT2D eigenvalue weighted by molar-refractivity contribution is 7.12. The third-order valence-corrected chi connectivity index (χ3v) is 3.52. The van der Waals surface area contributed by atoms with Gasteiger partial charge in [0.2, 0.25) is 0 Å². The van der Waals surface area contributed by atoms with Crippen molar-refractivity contribution in [1.29, 1.82) is 0 Å². The lowest BCUT2D eigenvalue weighted by molar-refractivity contribution is 0.0516. The number of nitrogens with zero attached hydrogens (tertiary/aromatic N) is 1. The molecule has 0 aliphatic rings. The lowest BCUT2D eigenvalue weighted by atomic mass is 10.2. The molecular formula is C15H15NO3S. The van der Waals surface area contributed by atoms with Crippen molar-refractivity contribution in [2.45, 2.75) is 13.8 Å². The molecule has 0 saturated carbocycles. The Morgan fingerprint density at radius 3 is 2.60 bits per heavy atom. The first-order chi connectivity index (χ1) is 9.70. The Kier molecular flexibility index (Phi) is 4.90. The van der Waals surface area contributed by atoms with Crippen LogP contribution in [0.1, 0.15) is 29.1 Å². The van der Waals surface area contributed by atoms with E-state index in [1.165, 1.54) is 0 Å². The van der Waals surface area contributed by atoms with Crippen molar-refractivity contribution in [1.82, 2.24) is 0 Å². The van der Waals surface area contributed by atoms with E-state index in [1.54, 1.807) is 42.5 Å². The van der Waals surface area contributed by atoms with E-state index in [0.29, 0.717) is 17.9 Å². The van der Waals surface area contributed by atoms with Gasteiger partial charge in [-0.15, -0.1) is 11.3 Å². The molecule has 4 nitrogen and oxygen atoms in total. The highest BCUT2D eigenvalue weighted by atomic mass is 32.1. The monoisotopic (exact) mass is 289 g/mol. The molecule has 0 bridgehead atoms. The molecule has 0 unspecified atom stereocenters. The zero-order chi connectivity index (χ0) is 14.4. The van der Waals surface area contributed by atoms with Crippen LogP contribution in [0, 0.1) is 0 Å². The zero-order valence-corrected chi connectivity index (χ0v) is 12.1. The number of hydrogen-bond donors (Lipinski definition) is 0. The average Bonchev–Trinajstić information content (AvgIpc) is 3.00. The highest BCUT2D eigenvalue weighted by Gasteiger charge is 2.08. The van der Waals surface area contributed by atoms with Crippen molar-refractivity contribution in [2.75, 3.05) is 6.61 Å². The minimum Gasteiger partial charge on any atom is -0.494 e. The van der Waals surface area contributed by atoms with E-state index in [9.17, 15) is 4.79 Å². The zero-order valence-electron chi connectivity index (χ0n) is 11.3. The maximum Gasteiger partial charge on any atom is 0.365 e. The normalized spacial score (nSPS) is 11.2. The van der Waals surface area contributed by atoms with Crippen molar-refractivity contribution in [3.8, 4) is 5.75 Å². The topological polar surface area (TPSA) is 47.9 Å². The molecule has 1 aromatic carbocycles. The van der Waals surface area contributed by atoms with Crippen molar-refractivity contribution >= 4 is 23.0 Å². The number of carbonyl (C=O) groups excluding carboxylic acids is 1. The molecule has 0 N–H and O–H groups in total. The van der Waals surface area contributed by atoms with Gasteiger partial charge in [-0.2, -0.15) is 0 Å². The van der Waals surface area contributed by atoms with Crippen LogP contribution < -0.4 is 4.74 Å². The summed E-state index contributed by atoms with van der Waals surface area (Å²) in [7, 11) is 0. The van der Waals surface area contributed by atoms with Crippen molar-refractivity contribution < 1.29 is 14.4 Å². The van der Waals surface area contributed by atoms with Gasteiger partial charge in [-0.1, -0.05) is 11.2 Å². The number of carbonyl (C=O) groups is 1. The fourth-order valence-electron chi connectivity index (χ4n) is 1.55. The largest absolute Gasteiger partial charge is 0.494 e. The van der Waals surface area contributed by atoms with Gasteiger partial charge in [-0.25, -0.2) is 4.79 Å². The molecule has 2 aromatic rings. The highest BCUT2D eigenvalue weighted by Crippen LogP contribution is 2.14. The van der Waals surface area contributed by atoms with Crippen LogP contribution in [-0.4, -0.2) is 18.3 Å². The number of hydrogen-bond acceptors (Lipinski definition) is 5. The van der Waals surface area contributed by atoms with Gasteiger partial charge in [0, 0.05) is 0 Å². The van der Waals surface area contributed by atoms with E-state index < -0.39 is 5.97 Å². The summed E-state index contributed by atoms with van der Waals surface area (Å²) in [6.07, 6.45) is 0. The lowest BCUT2D eigenvalue weighted by Gasteiger charge is -2.03. The van der Waals surface area contributed by atoms with E-state index in [1.807, 2.05) is 24.4 Å². The molecule has 0 amide bonds. The van der Waals surface area contributed by atoms with Crippen molar-refractivity contribution in [3.05, 3.63) is 52.2 Å². The number of ether oxygens (including phenoxy) is 1. The molecule has 0 saturated heterocycles. The van der Waals surface area contributed by atoms with E-state index >= 15 is 0 Å². The summed E-state index contributed by atoms with van der Waals surface area (Å²) in [4.78, 5) is 17.7. The Labute approximate surface area is 121 Å². The van der Waals surface area contributed by atoms with Gasteiger partial charge < -0.3 is 9.57 Å². The van der Waals surface area contributed by atoms with Gasteiger partial charge in [0.25, 0.3) is 0 Å². The second-order valence-electron chi connectivity index (χ2n) is 3.99. The van der Waals surface area contributed by atoms with Gasteiger partial charge in [0.05, 0.1) is 22.8 Å². The molecule has 1 aromatic heterocycles. The molecule has 5 heteroatoms. The fourth-order valence-corrected chi connectivity index (χ4v) is 2.21. The van der Waals surface area contributed by atoms with Crippen molar-refractivity contribution in [3.63, 3.8) is 0 Å². The third-order valence-electron chi connectivity index (χ3n) is 2.54. The summed E-state index contributed by atoms with van der Waals surface area (Å²) in [5.41, 5.74) is 1.12. The smallest absolute Gasteiger partial charge is 0.365 e. The maximum atomic E-state index is 11.8. The maximum absolute atomic E-state index is 11.8. The van der Waals surface area contributed by atoms with Gasteiger partial charge in [-0.05, 0) is 49.6 Å². The van der Waals surface area contributed by atoms with Gasteiger partial charge >= 0.3 is 5.97 Å². The molecular weight excluding hydrogens is 274 g/mol. The molecule has 0 fully saturated rings. The third kappa shape index (κ3) is 3.68. The first-order valence-electron chi connectivity index (χ1n) is 6.23. The summed E-state index contributed by atoms with van der Waals surface area (Å²) in [6.45, 7) is 4.30. The quantitative estimate of drug-likeness (QED) is 0.479. The predicted octanol–water partition coefficient (Wildman–Crippen LogP) is 3.73. The van der Waals surface area contributed by atoms with Gasteiger partial charge in [-0.3, -0.25) is 0 Å². The minimum absolute atomic E-state index is 0.441. The van der Waals surface area contributed by atoms with Crippen LogP contribution in [-0.2, 0) is 4.84 Å². The summed E-state index contributed by atoms with van der Waals surface area (Å²) < 4.78 is 5.31. The first kappa shape index (κ1) is 14.3.